The van der Waals surface area contributed by atoms with Crippen molar-refractivity contribution in [2.45, 2.75) is 43.4 Å². The molecule has 0 spiro atoms. The van der Waals surface area contributed by atoms with Crippen molar-refractivity contribution in [2.75, 3.05) is 46.0 Å². The Bertz CT molecular complexity index is 1470. The van der Waals surface area contributed by atoms with Crippen LogP contribution in [-0.2, 0) is 10.0 Å². The smallest absolute Gasteiger partial charge is 0.261 e. The Balaban J connectivity index is 1.21. The Hall–Kier alpha value is -3.93. The van der Waals surface area contributed by atoms with E-state index in [2.05, 4.69) is 30.0 Å². The second kappa shape index (κ2) is 10.4. The van der Waals surface area contributed by atoms with Crippen LogP contribution < -0.4 is 19.8 Å². The molecule has 2 fully saturated rings. The molecule has 0 atom stereocenters. The molecule has 0 amide bonds. The van der Waals surface area contributed by atoms with Crippen LogP contribution in [0.3, 0.4) is 0 Å². The quantitative estimate of drug-likeness (QED) is 0.318. The molecule has 0 aliphatic carbocycles. The molecule has 11 nitrogen and oxygen atoms in total. The molecular weight excluding hydrogens is 502 g/mol. The van der Waals surface area contributed by atoms with E-state index in [0.717, 1.165) is 62.8 Å². The van der Waals surface area contributed by atoms with Crippen molar-refractivity contribution in [3.8, 4) is 0 Å². The summed E-state index contributed by atoms with van der Waals surface area (Å²) in [4.78, 5) is 18.9. The third-order valence-corrected chi connectivity index (χ3v) is 8.40. The zero-order valence-corrected chi connectivity index (χ0v) is 21.9. The number of aromatic amines is 1. The Kier molecular flexibility index (Phi) is 6.71. The highest BCUT2D eigenvalue weighted by Gasteiger charge is 2.21. The monoisotopic (exact) mass is 533 g/mol. The molecule has 0 radical (unpaired) electrons. The van der Waals surface area contributed by atoms with Gasteiger partial charge in [0.15, 0.2) is 0 Å². The highest BCUT2D eigenvalue weighted by atomic mass is 32.2. The fourth-order valence-corrected chi connectivity index (χ4v) is 6.00. The van der Waals surface area contributed by atoms with Crippen molar-refractivity contribution >= 4 is 50.1 Å². The molecule has 38 heavy (non-hydrogen) atoms. The van der Waals surface area contributed by atoms with E-state index < -0.39 is 10.0 Å². The lowest BCUT2D eigenvalue weighted by Crippen LogP contribution is -2.34. The van der Waals surface area contributed by atoms with E-state index in [1.807, 2.05) is 0 Å². The van der Waals surface area contributed by atoms with Crippen LogP contribution in [-0.4, -0.2) is 59.7 Å². The zero-order chi connectivity index (χ0) is 26.0. The molecule has 4 aromatic rings. The number of benzene rings is 2. The number of nitrogens with zero attached hydrogens (tertiary/aromatic N) is 6. The summed E-state index contributed by atoms with van der Waals surface area (Å²) >= 11 is 0. The highest BCUT2D eigenvalue weighted by Crippen LogP contribution is 2.25. The Morgan fingerprint density at radius 2 is 1.34 bits per heavy atom. The second-order valence-corrected chi connectivity index (χ2v) is 11.5. The van der Waals surface area contributed by atoms with Gasteiger partial charge in [0, 0.05) is 42.9 Å². The van der Waals surface area contributed by atoms with Gasteiger partial charge in [-0.05, 0) is 81.0 Å². The standard InChI is InChI=1S/C26H31N9O2S/c36-38(37,33-21-9-12-23-19(17-21)18-27-32-23)22-10-7-20(8-11-22)28-24-29-25(34-13-3-1-4-14-34)31-26(30-24)35-15-5-2-6-16-35/h7-12,17-18,33H,1-6,13-16H2,(H,27,32)(H,28,29,30,31). The fraction of sp³-hybridized carbons (Fsp3) is 0.385. The summed E-state index contributed by atoms with van der Waals surface area (Å²) in [6, 6.07) is 11.8. The topological polar surface area (TPSA) is 132 Å². The maximum Gasteiger partial charge on any atom is 0.261 e. The van der Waals surface area contributed by atoms with E-state index in [1.54, 1.807) is 48.7 Å². The molecule has 2 saturated heterocycles. The van der Waals surface area contributed by atoms with Crippen molar-refractivity contribution in [3.63, 3.8) is 0 Å². The van der Waals surface area contributed by atoms with Gasteiger partial charge in [-0.3, -0.25) is 9.82 Å². The minimum atomic E-state index is -3.76. The molecule has 4 heterocycles. The van der Waals surface area contributed by atoms with Gasteiger partial charge in [-0.1, -0.05) is 0 Å². The number of sulfonamides is 1. The number of nitrogens with one attached hydrogen (secondary N) is 3. The maximum atomic E-state index is 13.0. The van der Waals surface area contributed by atoms with Crippen molar-refractivity contribution in [1.29, 1.82) is 0 Å². The first-order chi connectivity index (χ1) is 18.5. The molecule has 0 bridgehead atoms. The number of rotatable bonds is 7. The van der Waals surface area contributed by atoms with Crippen molar-refractivity contribution in [1.82, 2.24) is 25.1 Å². The molecule has 0 unspecified atom stereocenters. The lowest BCUT2D eigenvalue weighted by molar-refractivity contribution is 0.556. The van der Waals surface area contributed by atoms with Crippen LogP contribution >= 0.6 is 0 Å². The van der Waals surface area contributed by atoms with Crippen LogP contribution in [0, 0.1) is 0 Å². The first-order valence-corrected chi connectivity index (χ1v) is 14.6. The lowest BCUT2D eigenvalue weighted by Gasteiger charge is -2.30. The molecule has 6 rings (SSSR count). The van der Waals surface area contributed by atoms with Gasteiger partial charge in [-0.2, -0.15) is 20.1 Å². The summed E-state index contributed by atoms with van der Waals surface area (Å²) in [5, 5.41) is 10.9. The maximum absolute atomic E-state index is 13.0. The predicted octanol–water partition coefficient (Wildman–Crippen LogP) is 4.27. The van der Waals surface area contributed by atoms with Crippen LogP contribution in [0.5, 0.6) is 0 Å². The largest absolute Gasteiger partial charge is 0.341 e. The third-order valence-electron chi connectivity index (χ3n) is 7.00. The SMILES string of the molecule is O=S(=O)(Nc1ccc2[nH]ncc2c1)c1ccc(Nc2nc(N3CCCCC3)nc(N3CCCCC3)n2)cc1. The summed E-state index contributed by atoms with van der Waals surface area (Å²) in [7, 11) is -3.76. The summed E-state index contributed by atoms with van der Waals surface area (Å²) < 4.78 is 28.6. The van der Waals surface area contributed by atoms with E-state index in [1.165, 1.54) is 12.8 Å². The number of H-pyrrole nitrogens is 1. The predicted molar refractivity (Wildman–Crippen MR) is 149 cm³/mol. The number of aromatic nitrogens is 5. The van der Waals surface area contributed by atoms with Gasteiger partial charge in [-0.15, -0.1) is 0 Å². The molecule has 12 heteroatoms. The number of hydrogen-bond acceptors (Lipinski definition) is 9. The Labute approximate surface area is 221 Å². The Morgan fingerprint density at radius 1 is 0.737 bits per heavy atom. The van der Waals surface area contributed by atoms with E-state index in [4.69, 9.17) is 15.0 Å². The van der Waals surface area contributed by atoms with Gasteiger partial charge in [-0.25, -0.2) is 8.42 Å². The second-order valence-electron chi connectivity index (χ2n) is 9.78. The van der Waals surface area contributed by atoms with Crippen LogP contribution in [0.25, 0.3) is 10.9 Å². The van der Waals surface area contributed by atoms with Gasteiger partial charge >= 0.3 is 0 Å². The van der Waals surface area contributed by atoms with Gasteiger partial charge < -0.3 is 15.1 Å². The number of hydrogen-bond donors (Lipinski definition) is 3. The molecule has 0 saturated carbocycles. The minimum absolute atomic E-state index is 0.161. The van der Waals surface area contributed by atoms with Crippen LogP contribution in [0.1, 0.15) is 38.5 Å². The fourth-order valence-electron chi connectivity index (χ4n) is 4.95. The summed E-state index contributed by atoms with van der Waals surface area (Å²) in [6.45, 7) is 3.76. The summed E-state index contributed by atoms with van der Waals surface area (Å²) in [6.07, 6.45) is 8.64. The van der Waals surface area contributed by atoms with Gasteiger partial charge in [0.1, 0.15) is 0 Å². The molecule has 2 aliphatic heterocycles. The van der Waals surface area contributed by atoms with Gasteiger partial charge in [0.25, 0.3) is 10.0 Å². The molecule has 2 aliphatic rings. The summed E-state index contributed by atoms with van der Waals surface area (Å²) in [5.74, 6) is 1.85. The normalized spacial score (nSPS) is 16.5. The van der Waals surface area contributed by atoms with E-state index in [-0.39, 0.29) is 4.90 Å². The van der Waals surface area contributed by atoms with Crippen molar-refractivity contribution in [2.24, 2.45) is 0 Å². The van der Waals surface area contributed by atoms with Crippen LogP contribution in [0.2, 0.25) is 0 Å². The van der Waals surface area contributed by atoms with Crippen molar-refractivity contribution in [3.05, 3.63) is 48.7 Å². The van der Waals surface area contributed by atoms with Crippen LogP contribution in [0.15, 0.2) is 53.6 Å². The van der Waals surface area contributed by atoms with E-state index in [0.29, 0.717) is 29.2 Å². The van der Waals surface area contributed by atoms with Gasteiger partial charge in [0.05, 0.1) is 16.6 Å². The minimum Gasteiger partial charge on any atom is -0.341 e. The third kappa shape index (κ3) is 5.35. The average Bonchev–Trinajstić information content (AvgIpc) is 3.42. The highest BCUT2D eigenvalue weighted by molar-refractivity contribution is 7.92. The van der Waals surface area contributed by atoms with E-state index in [9.17, 15) is 8.42 Å². The molecule has 3 N–H and O–H groups in total. The lowest BCUT2D eigenvalue weighted by atomic mass is 10.1. The first kappa shape index (κ1) is 24.4. The number of anilines is 5. The molecule has 198 valence electrons. The number of piperidine rings is 2. The zero-order valence-electron chi connectivity index (χ0n) is 21.1. The molecule has 2 aromatic carbocycles. The first-order valence-electron chi connectivity index (χ1n) is 13.1. The van der Waals surface area contributed by atoms with Crippen molar-refractivity contribution < 1.29 is 8.42 Å². The number of fused-ring (bicyclic) bond motifs is 1. The summed E-state index contributed by atoms with van der Waals surface area (Å²) in [5.41, 5.74) is 2.01. The average molecular weight is 534 g/mol. The Morgan fingerprint density at radius 3 is 1.97 bits per heavy atom. The molecular formula is C26H31N9O2S. The van der Waals surface area contributed by atoms with E-state index >= 15 is 0 Å². The van der Waals surface area contributed by atoms with Gasteiger partial charge in [0.2, 0.25) is 17.8 Å². The van der Waals surface area contributed by atoms with Crippen LogP contribution in [0.4, 0.5) is 29.2 Å². The molecule has 2 aromatic heterocycles.